The number of nitrogens with zero attached hydrogens (tertiary/aromatic N) is 1. The average molecular weight is 472 g/mol. The third-order valence-corrected chi connectivity index (χ3v) is 5.91. The van der Waals surface area contributed by atoms with Gasteiger partial charge in [0.1, 0.15) is 0 Å². The molecule has 4 heteroatoms. The van der Waals surface area contributed by atoms with E-state index < -0.39 is 6.04 Å². The van der Waals surface area contributed by atoms with Crippen molar-refractivity contribution in [2.24, 2.45) is 16.6 Å². The van der Waals surface area contributed by atoms with Crippen LogP contribution in [0.25, 0.3) is 0 Å². The quantitative estimate of drug-likeness (QED) is 0.188. The monoisotopic (exact) mass is 471 g/mol. The highest BCUT2D eigenvalue weighted by Crippen LogP contribution is 2.25. The lowest BCUT2D eigenvalue weighted by molar-refractivity contribution is -0.119. The highest BCUT2D eigenvalue weighted by Gasteiger charge is 2.16. The Balaban J connectivity index is 1.94. The predicted octanol–water partition coefficient (Wildman–Crippen LogP) is 5.70. The van der Waals surface area contributed by atoms with E-state index in [1.54, 1.807) is 6.34 Å². The summed E-state index contributed by atoms with van der Waals surface area (Å²) in [5.41, 5.74) is 10.5. The van der Waals surface area contributed by atoms with Gasteiger partial charge >= 0.3 is 0 Å². The van der Waals surface area contributed by atoms with Crippen LogP contribution >= 0.6 is 0 Å². The summed E-state index contributed by atoms with van der Waals surface area (Å²) in [6.07, 6.45) is 19.0. The van der Waals surface area contributed by atoms with E-state index in [1.165, 1.54) is 5.57 Å². The fourth-order valence-corrected chi connectivity index (χ4v) is 3.98. The van der Waals surface area contributed by atoms with Crippen LogP contribution in [0.15, 0.2) is 76.9 Å². The van der Waals surface area contributed by atoms with Gasteiger partial charge < -0.3 is 11.1 Å². The van der Waals surface area contributed by atoms with Gasteiger partial charge in [-0.2, -0.15) is 0 Å². The Labute approximate surface area is 212 Å². The topological polar surface area (TPSA) is 67.5 Å². The molecular weight excluding hydrogens is 430 g/mol. The van der Waals surface area contributed by atoms with E-state index in [2.05, 4.69) is 72.5 Å². The number of nitrogens with one attached hydrogen (secondary N) is 1. The molecule has 3 unspecified atom stereocenters. The minimum Gasteiger partial charge on any atom is -0.374 e. The smallest absolute Gasteiger partial charge is 0.153 e. The van der Waals surface area contributed by atoms with Gasteiger partial charge in [-0.05, 0) is 69.7 Å². The summed E-state index contributed by atoms with van der Waals surface area (Å²) in [6, 6.07) is 7.49. The van der Waals surface area contributed by atoms with Crippen molar-refractivity contribution in [2.45, 2.75) is 71.9 Å². The summed E-state index contributed by atoms with van der Waals surface area (Å²) >= 11 is 0. The van der Waals surface area contributed by atoms with Crippen molar-refractivity contribution in [1.82, 2.24) is 5.32 Å². The molecule has 4 nitrogen and oxygen atoms in total. The first-order valence-electron chi connectivity index (χ1n) is 12.8. The number of nitrogens with two attached hydrogens (primary N) is 1. The zero-order valence-corrected chi connectivity index (χ0v) is 21.8. The number of allylic oxidation sites excluding steroid dienone is 8. The molecule has 1 aliphatic carbocycles. The molecule has 35 heavy (non-hydrogen) atoms. The number of benzene rings is 1. The molecule has 0 spiro atoms. The van der Waals surface area contributed by atoms with Crippen molar-refractivity contribution in [1.29, 1.82) is 0 Å². The maximum Gasteiger partial charge on any atom is 0.153 e. The number of Topliss-reactive ketones (excluding diaryl/α,β-unsaturated/α-hetero) is 1. The zero-order valence-electron chi connectivity index (χ0n) is 21.8. The first kappa shape index (κ1) is 28.1. The van der Waals surface area contributed by atoms with Crippen LogP contribution in [0.3, 0.4) is 0 Å². The lowest BCUT2D eigenvalue weighted by Gasteiger charge is -2.16. The molecule has 3 N–H and O–H groups in total. The number of carbonyl (C=O) groups is 1. The maximum atomic E-state index is 12.5. The SMILES string of the molecule is C/C=C\C(=C/CC)C1C=CC(C#Cc2ccc(CC(=O)C(N)CC(C)NC=NCC)cc2)=CCC1. The molecule has 0 amide bonds. The molecule has 0 saturated carbocycles. The molecule has 2 rings (SSSR count). The largest absolute Gasteiger partial charge is 0.374 e. The van der Waals surface area contributed by atoms with Crippen LogP contribution < -0.4 is 11.1 Å². The van der Waals surface area contributed by atoms with E-state index in [0.717, 1.165) is 42.5 Å². The minimum absolute atomic E-state index is 0.0441. The second kappa shape index (κ2) is 15.7. The Morgan fingerprint density at radius 3 is 2.71 bits per heavy atom. The summed E-state index contributed by atoms with van der Waals surface area (Å²) in [7, 11) is 0. The van der Waals surface area contributed by atoms with Crippen LogP contribution in [-0.4, -0.2) is 30.8 Å². The highest BCUT2D eigenvalue weighted by molar-refractivity contribution is 5.86. The second-order valence-electron chi connectivity index (χ2n) is 8.94. The van der Waals surface area contributed by atoms with Gasteiger partial charge in [0.2, 0.25) is 0 Å². The molecule has 0 heterocycles. The van der Waals surface area contributed by atoms with Crippen molar-refractivity contribution in [3.05, 3.63) is 83.0 Å². The molecule has 0 fully saturated rings. The van der Waals surface area contributed by atoms with Crippen molar-refractivity contribution in [3.63, 3.8) is 0 Å². The molecule has 0 saturated heterocycles. The van der Waals surface area contributed by atoms with Gasteiger partial charge in [-0.3, -0.25) is 9.79 Å². The molecule has 1 aromatic carbocycles. The van der Waals surface area contributed by atoms with E-state index in [-0.39, 0.29) is 11.8 Å². The molecule has 0 aromatic heterocycles. The van der Waals surface area contributed by atoms with E-state index in [1.807, 2.05) is 38.1 Å². The Bertz CT molecular complexity index is 1020. The van der Waals surface area contributed by atoms with Crippen molar-refractivity contribution in [2.75, 3.05) is 6.54 Å². The predicted molar refractivity (Wildman–Crippen MR) is 149 cm³/mol. The van der Waals surface area contributed by atoms with Crippen LogP contribution in [0.1, 0.15) is 64.5 Å². The van der Waals surface area contributed by atoms with Crippen molar-refractivity contribution in [3.8, 4) is 11.8 Å². The third-order valence-electron chi connectivity index (χ3n) is 5.91. The fraction of sp³-hybridized carbons (Fsp3) is 0.419. The summed E-state index contributed by atoms with van der Waals surface area (Å²) in [5.74, 6) is 7.05. The summed E-state index contributed by atoms with van der Waals surface area (Å²) in [5, 5.41) is 3.15. The Kier molecular flexibility index (Phi) is 12.6. The number of aliphatic imine (C=N–C) groups is 1. The Morgan fingerprint density at radius 1 is 1.26 bits per heavy atom. The Morgan fingerprint density at radius 2 is 2.03 bits per heavy atom. The van der Waals surface area contributed by atoms with Gasteiger partial charge in [-0.25, -0.2) is 0 Å². The van der Waals surface area contributed by atoms with E-state index in [0.29, 0.717) is 18.8 Å². The van der Waals surface area contributed by atoms with E-state index in [4.69, 9.17) is 5.73 Å². The number of hydrogen-bond acceptors (Lipinski definition) is 3. The first-order valence-corrected chi connectivity index (χ1v) is 12.8. The van der Waals surface area contributed by atoms with E-state index >= 15 is 0 Å². The van der Waals surface area contributed by atoms with Gasteiger partial charge in [0.05, 0.1) is 12.4 Å². The van der Waals surface area contributed by atoms with Gasteiger partial charge in [0.15, 0.2) is 5.78 Å². The maximum absolute atomic E-state index is 12.5. The van der Waals surface area contributed by atoms with Crippen LogP contribution in [0, 0.1) is 17.8 Å². The normalized spacial score (nSPS) is 18.0. The minimum atomic E-state index is -0.495. The number of hydrogen-bond donors (Lipinski definition) is 2. The second-order valence-corrected chi connectivity index (χ2v) is 8.94. The molecule has 1 aliphatic rings. The number of rotatable bonds is 11. The van der Waals surface area contributed by atoms with Gasteiger partial charge in [0, 0.05) is 36.1 Å². The standard InChI is InChI=1S/C31H41N3O/c1-5-9-28(10-6-2)29-12-8-11-25(19-20-29)13-14-26-15-17-27(18-16-26)22-31(35)30(32)21-24(4)34-23-33-7-3/h5,9-11,15-20,23-24,29-30H,6-8,12,21-22,32H2,1-4H3,(H,33,34)/b9-5-,28-10+. The lowest BCUT2D eigenvalue weighted by atomic mass is 9.93. The fourth-order valence-electron chi connectivity index (χ4n) is 3.98. The molecule has 1 aromatic rings. The van der Waals surface area contributed by atoms with Crippen LogP contribution in [0.5, 0.6) is 0 Å². The molecule has 0 radical (unpaired) electrons. The average Bonchev–Trinajstić information content (AvgIpc) is 3.09. The van der Waals surface area contributed by atoms with Crippen LogP contribution in [0.4, 0.5) is 0 Å². The van der Waals surface area contributed by atoms with E-state index in [9.17, 15) is 4.79 Å². The van der Waals surface area contributed by atoms with Crippen LogP contribution in [-0.2, 0) is 11.2 Å². The summed E-state index contributed by atoms with van der Waals surface area (Å²) in [4.78, 5) is 16.7. The molecule has 0 aliphatic heterocycles. The van der Waals surface area contributed by atoms with Gasteiger partial charge in [-0.15, -0.1) is 0 Å². The summed E-state index contributed by atoms with van der Waals surface area (Å²) in [6.45, 7) is 8.96. The molecule has 0 bridgehead atoms. The molecule has 3 atom stereocenters. The van der Waals surface area contributed by atoms with Crippen molar-refractivity contribution < 1.29 is 4.79 Å². The molecular formula is C31H41N3O. The molecule has 186 valence electrons. The van der Waals surface area contributed by atoms with Crippen molar-refractivity contribution >= 4 is 12.1 Å². The highest BCUT2D eigenvalue weighted by atomic mass is 16.1. The first-order chi connectivity index (χ1) is 17.0. The third kappa shape index (κ3) is 10.3. The number of carbonyl (C=O) groups excluding carboxylic acids is 1. The zero-order chi connectivity index (χ0) is 25.5. The van der Waals surface area contributed by atoms with Gasteiger partial charge in [0.25, 0.3) is 0 Å². The van der Waals surface area contributed by atoms with Crippen LogP contribution in [0.2, 0.25) is 0 Å². The lowest BCUT2D eigenvalue weighted by Crippen LogP contribution is -2.39. The van der Waals surface area contributed by atoms with Gasteiger partial charge in [-0.1, -0.05) is 67.4 Å². The Hall–Kier alpha value is -3.16. The summed E-state index contributed by atoms with van der Waals surface area (Å²) < 4.78 is 0. The number of ketones is 1.